The molecule has 0 N–H and O–H groups in total. The molecular weight excluding hydrogens is 343 g/mol. The maximum absolute atomic E-state index is 12.5. The van der Waals surface area contributed by atoms with Gasteiger partial charge in [-0.3, -0.25) is 4.79 Å². The van der Waals surface area contributed by atoms with Gasteiger partial charge in [0.2, 0.25) is 5.91 Å². The lowest BCUT2D eigenvalue weighted by Gasteiger charge is -2.28. The molecule has 2 aliphatic heterocycles. The fourth-order valence-corrected chi connectivity index (χ4v) is 3.84. The monoisotopic (exact) mass is 364 g/mol. The van der Waals surface area contributed by atoms with Crippen LogP contribution in [0.15, 0.2) is 18.2 Å². The van der Waals surface area contributed by atoms with Crippen molar-refractivity contribution in [1.82, 2.24) is 9.80 Å². The highest BCUT2D eigenvalue weighted by Crippen LogP contribution is 2.27. The first-order chi connectivity index (χ1) is 11.6. The molecule has 0 radical (unpaired) electrons. The zero-order valence-corrected chi connectivity index (χ0v) is 15.4. The van der Waals surface area contributed by atoms with E-state index in [0.717, 1.165) is 26.1 Å². The lowest BCUT2D eigenvalue weighted by atomic mass is 10.0. The van der Waals surface area contributed by atoms with Crippen LogP contribution in [0.2, 0.25) is 10.0 Å². The first-order valence-corrected chi connectivity index (χ1v) is 9.26. The Hall–Kier alpha value is -1.21. The van der Waals surface area contributed by atoms with Crippen molar-refractivity contribution in [2.75, 3.05) is 26.7 Å². The molecule has 0 bridgehead atoms. The van der Waals surface area contributed by atoms with Crippen molar-refractivity contribution in [2.45, 2.75) is 31.7 Å². The van der Waals surface area contributed by atoms with Gasteiger partial charge in [0.1, 0.15) is 0 Å². The number of rotatable bonds is 2. The zero-order chi connectivity index (χ0) is 17.1. The Balaban J connectivity index is 1.68. The minimum Gasteiger partial charge on any atom is -0.332 e. The highest BCUT2D eigenvalue weighted by Gasteiger charge is 2.37. The third-order valence-electron chi connectivity index (χ3n) is 4.92. The summed E-state index contributed by atoms with van der Waals surface area (Å²) < 4.78 is 0. The number of halogens is 2. The smallest absolute Gasteiger partial charge is 0.227 e. The Bertz CT molecular complexity index is 674. The summed E-state index contributed by atoms with van der Waals surface area (Å²) in [6.07, 6.45) is 4.58. The number of carbonyl (C=O) groups is 1. The Morgan fingerprint density at radius 1 is 1.21 bits per heavy atom. The topological polar surface area (TPSA) is 23.6 Å². The molecule has 1 aromatic carbocycles. The summed E-state index contributed by atoms with van der Waals surface area (Å²) in [4.78, 5) is 16.7. The second-order valence-electron chi connectivity index (χ2n) is 6.63. The molecule has 1 amide bonds. The van der Waals surface area contributed by atoms with E-state index in [9.17, 15) is 4.79 Å². The van der Waals surface area contributed by atoms with E-state index in [1.165, 1.54) is 19.3 Å². The standard InChI is InChI=1S/C19H22Cl2N2O/c1-22-16(9-8-14-6-5-7-17(20)18(14)21)12-15(19(22)24)13-23-10-3-2-4-11-23/h5-7,15-16H,2-4,10-13H2,1H3. The largest absolute Gasteiger partial charge is 0.332 e. The van der Waals surface area contributed by atoms with Crippen molar-refractivity contribution in [3.63, 3.8) is 0 Å². The van der Waals surface area contributed by atoms with Gasteiger partial charge in [-0.25, -0.2) is 0 Å². The highest BCUT2D eigenvalue weighted by molar-refractivity contribution is 6.42. The van der Waals surface area contributed by atoms with Crippen molar-refractivity contribution in [3.05, 3.63) is 33.8 Å². The lowest BCUT2D eigenvalue weighted by Crippen LogP contribution is -2.37. The molecule has 2 saturated heterocycles. The van der Waals surface area contributed by atoms with E-state index in [-0.39, 0.29) is 17.9 Å². The number of hydrogen-bond donors (Lipinski definition) is 0. The predicted octanol–water partition coefficient (Wildman–Crippen LogP) is 3.68. The van der Waals surface area contributed by atoms with Gasteiger partial charge in [0.15, 0.2) is 0 Å². The normalized spacial score (nSPS) is 24.8. The summed E-state index contributed by atoms with van der Waals surface area (Å²) in [5.41, 5.74) is 0.712. The highest BCUT2D eigenvalue weighted by atomic mass is 35.5. The molecule has 2 atom stereocenters. The van der Waals surface area contributed by atoms with Crippen molar-refractivity contribution in [3.8, 4) is 11.8 Å². The number of piperidine rings is 1. The van der Waals surface area contributed by atoms with Gasteiger partial charge >= 0.3 is 0 Å². The summed E-state index contributed by atoms with van der Waals surface area (Å²) in [5.74, 6) is 6.57. The number of nitrogens with zero attached hydrogens (tertiary/aromatic N) is 2. The molecular formula is C19H22Cl2N2O. The summed E-state index contributed by atoms with van der Waals surface area (Å²) in [6.45, 7) is 3.09. The third-order valence-corrected chi connectivity index (χ3v) is 5.74. The SMILES string of the molecule is CN1C(=O)C(CN2CCCCC2)CC1C#Cc1cccc(Cl)c1Cl. The third kappa shape index (κ3) is 3.88. The van der Waals surface area contributed by atoms with Crippen LogP contribution in [-0.4, -0.2) is 48.4 Å². The lowest BCUT2D eigenvalue weighted by molar-refractivity contribution is -0.130. The molecule has 24 heavy (non-hydrogen) atoms. The molecule has 2 heterocycles. The van der Waals surface area contributed by atoms with Gasteiger partial charge in [0.05, 0.1) is 22.0 Å². The predicted molar refractivity (Wildman–Crippen MR) is 98.3 cm³/mol. The van der Waals surface area contributed by atoms with Crippen LogP contribution in [0.5, 0.6) is 0 Å². The van der Waals surface area contributed by atoms with Gasteiger partial charge in [-0.05, 0) is 44.5 Å². The average Bonchev–Trinajstić information content (AvgIpc) is 2.85. The maximum Gasteiger partial charge on any atom is 0.227 e. The first-order valence-electron chi connectivity index (χ1n) is 8.51. The fraction of sp³-hybridized carbons (Fsp3) is 0.526. The van der Waals surface area contributed by atoms with E-state index in [1.54, 1.807) is 11.0 Å². The van der Waals surface area contributed by atoms with E-state index >= 15 is 0 Å². The number of benzene rings is 1. The van der Waals surface area contributed by atoms with Crippen LogP contribution in [0.4, 0.5) is 0 Å². The number of carbonyl (C=O) groups excluding carboxylic acids is 1. The molecule has 0 aliphatic carbocycles. The minimum absolute atomic E-state index is 0.0534. The van der Waals surface area contributed by atoms with Crippen LogP contribution in [0.3, 0.4) is 0 Å². The van der Waals surface area contributed by atoms with Crippen LogP contribution in [-0.2, 0) is 4.79 Å². The van der Waals surface area contributed by atoms with E-state index in [0.29, 0.717) is 15.6 Å². The molecule has 0 saturated carbocycles. The summed E-state index contributed by atoms with van der Waals surface area (Å²) in [6, 6.07) is 5.38. The van der Waals surface area contributed by atoms with Gasteiger partial charge in [0, 0.05) is 19.2 Å². The molecule has 0 spiro atoms. The van der Waals surface area contributed by atoms with Crippen molar-refractivity contribution in [1.29, 1.82) is 0 Å². The quantitative estimate of drug-likeness (QED) is 0.747. The van der Waals surface area contributed by atoms with E-state index in [4.69, 9.17) is 23.2 Å². The van der Waals surface area contributed by atoms with Crippen LogP contribution in [0.1, 0.15) is 31.2 Å². The second-order valence-corrected chi connectivity index (χ2v) is 7.41. The molecule has 3 rings (SSSR count). The van der Waals surface area contributed by atoms with Crippen molar-refractivity contribution < 1.29 is 4.79 Å². The average molecular weight is 365 g/mol. The Kier molecular flexibility index (Phi) is 5.71. The number of hydrogen-bond acceptors (Lipinski definition) is 2. The Labute approximate surface area is 153 Å². The molecule has 1 aromatic rings. The van der Waals surface area contributed by atoms with Gasteiger partial charge in [-0.15, -0.1) is 0 Å². The molecule has 0 aromatic heterocycles. The van der Waals surface area contributed by atoms with Gasteiger partial charge in [0.25, 0.3) is 0 Å². The molecule has 2 aliphatic rings. The molecule has 128 valence electrons. The number of likely N-dealkylation sites (tertiary alicyclic amines) is 2. The van der Waals surface area contributed by atoms with Crippen molar-refractivity contribution in [2.24, 2.45) is 5.92 Å². The second kappa shape index (κ2) is 7.78. The van der Waals surface area contributed by atoms with E-state index in [2.05, 4.69) is 16.7 Å². The Morgan fingerprint density at radius 2 is 1.96 bits per heavy atom. The van der Waals surface area contributed by atoms with E-state index < -0.39 is 0 Å². The summed E-state index contributed by atoms with van der Waals surface area (Å²) >= 11 is 12.2. The minimum atomic E-state index is -0.0534. The molecule has 5 heteroatoms. The van der Waals surface area contributed by atoms with Crippen LogP contribution < -0.4 is 0 Å². The first kappa shape index (κ1) is 17.6. The molecule has 2 unspecified atom stereocenters. The number of amides is 1. The van der Waals surface area contributed by atoms with Crippen molar-refractivity contribution >= 4 is 29.1 Å². The van der Waals surface area contributed by atoms with Crippen LogP contribution in [0, 0.1) is 17.8 Å². The van der Waals surface area contributed by atoms with Crippen LogP contribution in [0.25, 0.3) is 0 Å². The van der Waals surface area contributed by atoms with E-state index in [1.807, 2.05) is 19.2 Å². The van der Waals surface area contributed by atoms with Crippen LogP contribution >= 0.6 is 23.2 Å². The summed E-state index contributed by atoms with van der Waals surface area (Å²) in [5, 5.41) is 0.978. The Morgan fingerprint density at radius 3 is 2.71 bits per heavy atom. The fourth-order valence-electron chi connectivity index (χ4n) is 3.49. The van der Waals surface area contributed by atoms with Gasteiger partial charge in [-0.1, -0.05) is 47.5 Å². The van der Waals surface area contributed by atoms with Gasteiger partial charge < -0.3 is 9.80 Å². The van der Waals surface area contributed by atoms with Gasteiger partial charge in [-0.2, -0.15) is 0 Å². The molecule has 2 fully saturated rings. The molecule has 3 nitrogen and oxygen atoms in total. The summed E-state index contributed by atoms with van der Waals surface area (Å²) in [7, 11) is 1.84. The maximum atomic E-state index is 12.5. The zero-order valence-electron chi connectivity index (χ0n) is 13.9.